The predicted molar refractivity (Wildman–Crippen MR) is 61.3 cm³/mol. The maximum absolute atomic E-state index is 5.96. The first-order chi connectivity index (χ1) is 6.29. The molecule has 2 nitrogen and oxygen atoms in total. The Balaban J connectivity index is 2.48. The van der Waals surface area contributed by atoms with Crippen LogP contribution in [0.1, 0.15) is 40.0 Å². The molecule has 0 aromatic heterocycles. The minimum atomic E-state index is -1.97. The van der Waals surface area contributed by atoms with E-state index in [1.165, 1.54) is 6.42 Å². The van der Waals surface area contributed by atoms with Gasteiger partial charge in [0.15, 0.2) is 0 Å². The van der Waals surface area contributed by atoms with Gasteiger partial charge in [-0.25, -0.2) is 0 Å². The lowest BCUT2D eigenvalue weighted by Gasteiger charge is -2.32. The lowest BCUT2D eigenvalue weighted by atomic mass is 10.2. The van der Waals surface area contributed by atoms with Crippen molar-refractivity contribution in [1.29, 1.82) is 0 Å². The Labute approximate surface area is 88.5 Å². The molecule has 0 aromatic rings. The van der Waals surface area contributed by atoms with E-state index in [2.05, 4.69) is 39.9 Å². The summed E-state index contributed by atoms with van der Waals surface area (Å²) in [6, 6.07) is 0. The van der Waals surface area contributed by atoms with Crippen molar-refractivity contribution in [1.82, 2.24) is 0 Å². The van der Waals surface area contributed by atoms with Crippen molar-refractivity contribution < 1.29 is 8.85 Å². The van der Waals surface area contributed by atoms with Gasteiger partial charge in [0.1, 0.15) is 0 Å². The summed E-state index contributed by atoms with van der Waals surface area (Å²) in [5.41, 5.74) is -0.102. The van der Waals surface area contributed by atoms with E-state index in [0.717, 1.165) is 18.6 Å². The van der Waals surface area contributed by atoms with Gasteiger partial charge in [-0.15, -0.1) is 0 Å². The summed E-state index contributed by atoms with van der Waals surface area (Å²) in [5, 5.41) is 0. The molecule has 0 amide bonds. The standard InChI is InChI=1S/C11H22O2Si/c1-11(2,3)13-14(4,5)12-10-8-6-7-9-10/h8H,6-7,9H2,1-5H3. The minimum Gasteiger partial charge on any atom is -0.524 e. The van der Waals surface area contributed by atoms with Crippen molar-refractivity contribution >= 4 is 8.56 Å². The second-order valence-corrected chi connectivity index (χ2v) is 8.49. The third kappa shape index (κ3) is 4.29. The number of hydrogen-bond acceptors (Lipinski definition) is 2. The molecule has 0 spiro atoms. The highest BCUT2D eigenvalue weighted by Crippen LogP contribution is 2.25. The Morgan fingerprint density at radius 2 is 1.93 bits per heavy atom. The molecule has 0 saturated heterocycles. The Hall–Kier alpha value is -0.283. The fourth-order valence-electron chi connectivity index (χ4n) is 1.81. The maximum atomic E-state index is 5.96. The smallest absolute Gasteiger partial charge is 0.392 e. The molecule has 0 heterocycles. The van der Waals surface area contributed by atoms with Gasteiger partial charge in [0, 0.05) is 6.42 Å². The molecule has 0 atom stereocenters. The Morgan fingerprint density at radius 3 is 2.36 bits per heavy atom. The zero-order valence-corrected chi connectivity index (χ0v) is 11.0. The number of allylic oxidation sites excluding steroid dienone is 2. The molecule has 0 bridgehead atoms. The topological polar surface area (TPSA) is 18.5 Å². The van der Waals surface area contributed by atoms with Crippen LogP contribution in [0.2, 0.25) is 13.1 Å². The van der Waals surface area contributed by atoms with Crippen LogP contribution in [0.15, 0.2) is 11.8 Å². The van der Waals surface area contributed by atoms with Crippen molar-refractivity contribution in [3.63, 3.8) is 0 Å². The van der Waals surface area contributed by atoms with Crippen molar-refractivity contribution in [3.05, 3.63) is 11.8 Å². The van der Waals surface area contributed by atoms with Gasteiger partial charge in [-0.05, 0) is 52.8 Å². The molecule has 1 aliphatic rings. The predicted octanol–water partition coefficient (Wildman–Crippen LogP) is 3.59. The van der Waals surface area contributed by atoms with E-state index in [0.29, 0.717) is 0 Å². The summed E-state index contributed by atoms with van der Waals surface area (Å²) in [4.78, 5) is 0. The largest absolute Gasteiger partial charge is 0.524 e. The van der Waals surface area contributed by atoms with Gasteiger partial charge >= 0.3 is 8.56 Å². The number of hydrogen-bond donors (Lipinski definition) is 0. The molecule has 0 fully saturated rings. The van der Waals surface area contributed by atoms with Crippen LogP contribution < -0.4 is 0 Å². The Kier molecular flexibility index (Phi) is 3.43. The first-order valence-corrected chi connectivity index (χ1v) is 8.18. The van der Waals surface area contributed by atoms with Gasteiger partial charge in [0.2, 0.25) is 0 Å². The highest BCUT2D eigenvalue weighted by molar-refractivity contribution is 6.64. The van der Waals surface area contributed by atoms with Crippen LogP contribution in [0.5, 0.6) is 0 Å². The summed E-state index contributed by atoms with van der Waals surface area (Å²) in [5.74, 6) is 1.14. The van der Waals surface area contributed by atoms with Crippen LogP contribution in [0.3, 0.4) is 0 Å². The summed E-state index contributed by atoms with van der Waals surface area (Å²) in [7, 11) is -1.97. The molecule has 1 aliphatic carbocycles. The van der Waals surface area contributed by atoms with Gasteiger partial charge in [-0.3, -0.25) is 0 Å². The van der Waals surface area contributed by atoms with E-state index in [-0.39, 0.29) is 5.60 Å². The quantitative estimate of drug-likeness (QED) is 0.668. The number of rotatable bonds is 3. The van der Waals surface area contributed by atoms with E-state index in [1.807, 2.05) is 0 Å². The Morgan fingerprint density at radius 1 is 1.29 bits per heavy atom. The second kappa shape index (κ2) is 4.07. The first kappa shape index (κ1) is 11.8. The molecule has 1 rings (SSSR count). The third-order valence-electron chi connectivity index (χ3n) is 1.93. The van der Waals surface area contributed by atoms with Crippen molar-refractivity contribution in [2.75, 3.05) is 0 Å². The van der Waals surface area contributed by atoms with Crippen LogP contribution in [0.4, 0.5) is 0 Å². The zero-order chi connectivity index (χ0) is 10.8. The molecule has 0 aliphatic heterocycles. The van der Waals surface area contributed by atoms with Crippen LogP contribution in [-0.4, -0.2) is 14.2 Å². The normalized spacial score (nSPS) is 18.2. The van der Waals surface area contributed by atoms with E-state index in [9.17, 15) is 0 Å². The second-order valence-electron chi connectivity index (χ2n) is 5.28. The lowest BCUT2D eigenvalue weighted by molar-refractivity contribution is 0.0817. The van der Waals surface area contributed by atoms with Gasteiger partial charge in [0.05, 0.1) is 11.4 Å². The summed E-state index contributed by atoms with van der Waals surface area (Å²) >= 11 is 0. The van der Waals surface area contributed by atoms with Gasteiger partial charge in [0.25, 0.3) is 0 Å². The van der Waals surface area contributed by atoms with E-state index >= 15 is 0 Å². The molecule has 0 N–H and O–H groups in total. The summed E-state index contributed by atoms with van der Waals surface area (Å²) in [6.45, 7) is 10.4. The molecular weight excluding hydrogens is 192 g/mol. The van der Waals surface area contributed by atoms with E-state index in [1.54, 1.807) is 0 Å². The fourth-order valence-corrected chi connectivity index (χ4v) is 4.14. The van der Waals surface area contributed by atoms with Crippen molar-refractivity contribution in [3.8, 4) is 0 Å². The average Bonchev–Trinajstić information content (AvgIpc) is 2.31. The molecule has 0 unspecified atom stereocenters. The molecule has 0 aromatic carbocycles. The van der Waals surface area contributed by atoms with Crippen LogP contribution in [-0.2, 0) is 8.85 Å². The SMILES string of the molecule is CC(C)(C)O[Si](C)(C)OC1=CCCC1. The van der Waals surface area contributed by atoms with Crippen LogP contribution in [0, 0.1) is 0 Å². The lowest BCUT2D eigenvalue weighted by Crippen LogP contribution is -2.41. The van der Waals surface area contributed by atoms with Gasteiger partial charge in [-0.2, -0.15) is 0 Å². The Bertz CT molecular complexity index is 226. The third-order valence-corrected chi connectivity index (χ3v) is 3.79. The van der Waals surface area contributed by atoms with Gasteiger partial charge < -0.3 is 8.85 Å². The highest BCUT2D eigenvalue weighted by atomic mass is 28.4. The summed E-state index contributed by atoms with van der Waals surface area (Å²) in [6.07, 6.45) is 5.68. The molecule has 3 heteroatoms. The van der Waals surface area contributed by atoms with Crippen molar-refractivity contribution in [2.24, 2.45) is 0 Å². The summed E-state index contributed by atoms with van der Waals surface area (Å²) < 4.78 is 11.9. The van der Waals surface area contributed by atoms with Crippen LogP contribution in [0.25, 0.3) is 0 Å². The minimum absolute atomic E-state index is 0.102. The average molecular weight is 214 g/mol. The monoisotopic (exact) mass is 214 g/mol. The van der Waals surface area contributed by atoms with E-state index < -0.39 is 8.56 Å². The zero-order valence-electron chi connectivity index (χ0n) is 10.0. The fraction of sp³-hybridized carbons (Fsp3) is 0.818. The molecule has 0 saturated carbocycles. The molecule has 0 radical (unpaired) electrons. The first-order valence-electron chi connectivity index (χ1n) is 5.37. The molecular formula is C11H22O2Si. The van der Waals surface area contributed by atoms with Gasteiger partial charge in [-0.1, -0.05) is 0 Å². The highest BCUT2D eigenvalue weighted by Gasteiger charge is 2.33. The molecule has 82 valence electrons. The maximum Gasteiger partial charge on any atom is 0.392 e. The van der Waals surface area contributed by atoms with Crippen LogP contribution >= 0.6 is 0 Å². The molecule has 14 heavy (non-hydrogen) atoms. The van der Waals surface area contributed by atoms with E-state index in [4.69, 9.17) is 8.85 Å². The van der Waals surface area contributed by atoms with Crippen molar-refractivity contribution in [2.45, 2.75) is 58.7 Å².